The number of rotatable bonds is 0. The van der Waals surface area contributed by atoms with E-state index in [0.717, 1.165) is 11.4 Å². The van der Waals surface area contributed by atoms with Gasteiger partial charge >= 0.3 is 0 Å². The van der Waals surface area contributed by atoms with Gasteiger partial charge in [-0.1, -0.05) is 0 Å². The van der Waals surface area contributed by atoms with Gasteiger partial charge in [-0.15, -0.1) is 5.10 Å². The van der Waals surface area contributed by atoms with Gasteiger partial charge in [-0.3, -0.25) is 0 Å². The number of nitrogens with zero attached hydrogens (tertiary/aromatic N) is 4. The van der Waals surface area contributed by atoms with Gasteiger partial charge in [0, 0.05) is 0 Å². The lowest BCUT2D eigenvalue weighted by atomic mass is 10.4. The van der Waals surface area contributed by atoms with Gasteiger partial charge in [0.15, 0.2) is 11.5 Å². The molecule has 2 aromatic heterocycles. The van der Waals surface area contributed by atoms with E-state index >= 15 is 0 Å². The zero-order chi connectivity index (χ0) is 9.59. The Labute approximate surface area is 74.6 Å². The number of fused-ring (bicyclic) bond motifs is 1. The van der Waals surface area contributed by atoms with Crippen molar-refractivity contribution < 1.29 is 0 Å². The van der Waals surface area contributed by atoms with Gasteiger partial charge in [0.1, 0.15) is 0 Å². The Morgan fingerprint density at radius 3 is 2.54 bits per heavy atom. The molecule has 2 aromatic rings. The fourth-order valence-corrected chi connectivity index (χ4v) is 1.19. The zero-order valence-corrected chi connectivity index (χ0v) is 7.44. The zero-order valence-electron chi connectivity index (χ0n) is 7.44. The highest BCUT2D eigenvalue weighted by atomic mass is 15.3. The number of hydrogen-bond donors (Lipinski definition) is 2. The second kappa shape index (κ2) is 2.32. The molecule has 6 heteroatoms. The van der Waals surface area contributed by atoms with Crippen LogP contribution in [0.2, 0.25) is 0 Å². The summed E-state index contributed by atoms with van der Waals surface area (Å²) in [5.74, 6) is 0.467. The Morgan fingerprint density at radius 2 is 1.85 bits per heavy atom. The minimum Gasteiger partial charge on any atom is -0.380 e. The summed E-state index contributed by atoms with van der Waals surface area (Å²) >= 11 is 0. The van der Waals surface area contributed by atoms with Crippen LogP contribution in [0.1, 0.15) is 11.4 Å². The molecule has 0 aliphatic heterocycles. The van der Waals surface area contributed by atoms with Gasteiger partial charge < -0.3 is 11.5 Å². The summed E-state index contributed by atoms with van der Waals surface area (Å²) in [4.78, 5) is 8.03. The fraction of sp³-hybridized carbons (Fsp3) is 0.286. The van der Waals surface area contributed by atoms with E-state index in [-0.39, 0.29) is 5.95 Å². The molecule has 0 amide bonds. The van der Waals surface area contributed by atoms with E-state index in [9.17, 15) is 0 Å². The molecule has 0 saturated heterocycles. The molecule has 0 bridgehead atoms. The Hall–Kier alpha value is -1.85. The van der Waals surface area contributed by atoms with Crippen molar-refractivity contribution in [2.24, 2.45) is 0 Å². The molecule has 0 fully saturated rings. The summed E-state index contributed by atoms with van der Waals surface area (Å²) in [6, 6.07) is 0. The van der Waals surface area contributed by atoms with Crippen LogP contribution in [-0.2, 0) is 0 Å². The maximum absolute atomic E-state index is 5.62. The van der Waals surface area contributed by atoms with Crippen molar-refractivity contribution in [3.05, 3.63) is 11.4 Å². The van der Waals surface area contributed by atoms with Gasteiger partial charge in [0.2, 0.25) is 5.95 Å². The average Bonchev–Trinajstić information content (AvgIpc) is 2.32. The topological polar surface area (TPSA) is 95.1 Å². The molecule has 13 heavy (non-hydrogen) atoms. The maximum Gasteiger partial charge on any atom is 0.240 e. The lowest BCUT2D eigenvalue weighted by Gasteiger charge is -1.98. The standard InChI is InChI=1S/C7H10N6/c1-3-4(2)13-6(10-3)5(8)11-7(9)12-13/h1-2H3,(H4,8,9,11,12). The fourth-order valence-electron chi connectivity index (χ4n) is 1.19. The summed E-state index contributed by atoms with van der Waals surface area (Å²) in [6.07, 6.45) is 0. The molecule has 2 heterocycles. The van der Waals surface area contributed by atoms with E-state index in [1.807, 2.05) is 13.8 Å². The molecule has 0 saturated carbocycles. The minimum absolute atomic E-state index is 0.158. The molecule has 0 aliphatic rings. The van der Waals surface area contributed by atoms with Crippen LogP contribution >= 0.6 is 0 Å². The third-order valence-electron chi connectivity index (χ3n) is 1.98. The van der Waals surface area contributed by atoms with E-state index in [1.165, 1.54) is 0 Å². The first kappa shape index (κ1) is 7.78. The summed E-state index contributed by atoms with van der Waals surface area (Å²) in [5, 5.41) is 4.00. The summed E-state index contributed by atoms with van der Waals surface area (Å²) in [6.45, 7) is 3.79. The highest BCUT2D eigenvalue weighted by Gasteiger charge is 2.09. The molecule has 0 aromatic carbocycles. The molecule has 0 unspecified atom stereocenters. The molecule has 0 aliphatic carbocycles. The monoisotopic (exact) mass is 178 g/mol. The smallest absolute Gasteiger partial charge is 0.240 e. The van der Waals surface area contributed by atoms with E-state index < -0.39 is 0 Å². The van der Waals surface area contributed by atoms with Gasteiger partial charge in [-0.2, -0.15) is 4.98 Å². The van der Waals surface area contributed by atoms with Crippen molar-refractivity contribution in [3.63, 3.8) is 0 Å². The number of anilines is 2. The lowest BCUT2D eigenvalue weighted by Crippen LogP contribution is -2.06. The van der Waals surface area contributed by atoms with Crippen LogP contribution in [0.25, 0.3) is 5.65 Å². The molecule has 0 atom stereocenters. The van der Waals surface area contributed by atoms with Crippen LogP contribution in [0.3, 0.4) is 0 Å². The van der Waals surface area contributed by atoms with E-state index in [4.69, 9.17) is 11.5 Å². The minimum atomic E-state index is 0.158. The summed E-state index contributed by atoms with van der Waals surface area (Å²) < 4.78 is 1.60. The van der Waals surface area contributed by atoms with Crippen LogP contribution < -0.4 is 11.5 Å². The molecule has 0 radical (unpaired) electrons. The molecular formula is C7H10N6. The van der Waals surface area contributed by atoms with E-state index in [0.29, 0.717) is 11.5 Å². The first-order valence-electron chi connectivity index (χ1n) is 3.84. The van der Waals surface area contributed by atoms with Gasteiger partial charge in [-0.05, 0) is 13.8 Å². The van der Waals surface area contributed by atoms with Crippen LogP contribution in [0, 0.1) is 13.8 Å². The Bertz CT molecular complexity index is 471. The molecule has 68 valence electrons. The van der Waals surface area contributed by atoms with E-state index in [2.05, 4.69) is 15.1 Å². The Morgan fingerprint density at radius 1 is 1.15 bits per heavy atom. The van der Waals surface area contributed by atoms with Crippen molar-refractivity contribution >= 4 is 17.4 Å². The number of nitrogen functional groups attached to an aromatic ring is 2. The van der Waals surface area contributed by atoms with Gasteiger partial charge in [-0.25, -0.2) is 9.50 Å². The van der Waals surface area contributed by atoms with E-state index in [1.54, 1.807) is 4.52 Å². The van der Waals surface area contributed by atoms with Gasteiger partial charge in [0.25, 0.3) is 0 Å². The van der Waals surface area contributed by atoms with Crippen molar-refractivity contribution in [3.8, 4) is 0 Å². The van der Waals surface area contributed by atoms with Crippen molar-refractivity contribution in [2.45, 2.75) is 13.8 Å². The summed E-state index contributed by atoms with van der Waals surface area (Å²) in [7, 11) is 0. The van der Waals surface area contributed by atoms with Crippen molar-refractivity contribution in [1.82, 2.24) is 19.6 Å². The second-order valence-corrected chi connectivity index (χ2v) is 2.87. The third kappa shape index (κ3) is 0.986. The molecular weight excluding hydrogens is 168 g/mol. The SMILES string of the molecule is Cc1nc2c(N)nc(N)nn2c1C. The molecule has 2 rings (SSSR count). The molecule has 6 nitrogen and oxygen atoms in total. The largest absolute Gasteiger partial charge is 0.380 e. The molecule has 4 N–H and O–H groups in total. The second-order valence-electron chi connectivity index (χ2n) is 2.87. The van der Waals surface area contributed by atoms with Crippen LogP contribution in [0.4, 0.5) is 11.8 Å². The molecule has 0 spiro atoms. The average molecular weight is 178 g/mol. The first-order chi connectivity index (χ1) is 6.09. The number of aromatic nitrogens is 4. The Kier molecular flexibility index (Phi) is 1.39. The Balaban J connectivity index is 2.94. The quantitative estimate of drug-likeness (QED) is 0.587. The maximum atomic E-state index is 5.62. The van der Waals surface area contributed by atoms with Gasteiger partial charge in [0.05, 0.1) is 11.4 Å². The predicted molar refractivity (Wildman–Crippen MR) is 49.1 cm³/mol. The van der Waals surface area contributed by atoms with Crippen molar-refractivity contribution in [2.75, 3.05) is 11.5 Å². The van der Waals surface area contributed by atoms with Crippen LogP contribution in [0.5, 0.6) is 0 Å². The van der Waals surface area contributed by atoms with Crippen LogP contribution in [-0.4, -0.2) is 19.6 Å². The van der Waals surface area contributed by atoms with Crippen LogP contribution in [0.15, 0.2) is 0 Å². The lowest BCUT2D eigenvalue weighted by molar-refractivity contribution is 0.881. The van der Waals surface area contributed by atoms with Crippen molar-refractivity contribution in [1.29, 1.82) is 0 Å². The number of hydrogen-bond acceptors (Lipinski definition) is 5. The third-order valence-corrected chi connectivity index (χ3v) is 1.98. The first-order valence-corrected chi connectivity index (χ1v) is 3.84. The highest BCUT2D eigenvalue weighted by Crippen LogP contribution is 2.14. The number of aryl methyl sites for hydroxylation is 2. The highest BCUT2D eigenvalue weighted by molar-refractivity contribution is 5.61. The predicted octanol–water partition coefficient (Wildman–Crippen LogP) is -0.0945. The normalized spacial score (nSPS) is 10.9. The number of nitrogens with two attached hydrogens (primary N) is 2. The number of imidazole rings is 1. The summed E-state index contributed by atoms with van der Waals surface area (Å²) in [5.41, 5.74) is 13.4.